The molecule has 0 saturated heterocycles. The minimum Gasteiger partial charge on any atom is -0.453 e. The number of hydrogen-bond acceptors (Lipinski definition) is 5. The van der Waals surface area contributed by atoms with Crippen LogP contribution in [0.25, 0.3) is 0 Å². The fraction of sp³-hybridized carbons (Fsp3) is 0.579. The molecule has 0 amide bonds. The Bertz CT molecular complexity index is 703. The first-order valence-corrected chi connectivity index (χ1v) is 8.82. The lowest BCUT2D eigenvalue weighted by Gasteiger charge is -2.42. The van der Waals surface area contributed by atoms with Crippen molar-refractivity contribution in [3.05, 3.63) is 35.4 Å². The molecule has 156 valence electrons. The number of aliphatic hydroxyl groups is 1. The molecule has 1 saturated carbocycles. The lowest BCUT2D eigenvalue weighted by atomic mass is 9.85. The second-order valence-corrected chi connectivity index (χ2v) is 7.07. The number of hydrogen-bond donors (Lipinski definition) is 1. The average molecular weight is 406 g/mol. The number of ether oxygens (including phenoxy) is 2. The molecule has 1 aliphatic carbocycles. The average Bonchev–Trinajstić information content (AvgIpc) is 2.63. The van der Waals surface area contributed by atoms with Crippen molar-refractivity contribution in [1.82, 2.24) is 0 Å². The summed E-state index contributed by atoms with van der Waals surface area (Å²) in [5.41, 5.74) is 1.05. The van der Waals surface area contributed by atoms with Crippen LogP contribution in [0.15, 0.2) is 24.3 Å². The van der Waals surface area contributed by atoms with Crippen molar-refractivity contribution in [2.75, 3.05) is 13.2 Å². The number of aliphatic hydroxyl groups excluding tert-OH is 1. The highest BCUT2D eigenvalue weighted by Gasteiger charge is 2.74. The topological polar surface area (TPSA) is 72.8 Å². The summed E-state index contributed by atoms with van der Waals surface area (Å²) in [7, 11) is 0. The van der Waals surface area contributed by atoms with E-state index in [1.54, 1.807) is 12.1 Å². The van der Waals surface area contributed by atoms with E-state index in [4.69, 9.17) is 5.11 Å². The van der Waals surface area contributed by atoms with Gasteiger partial charge in [0.25, 0.3) is 0 Å². The highest BCUT2D eigenvalue weighted by Crippen LogP contribution is 2.52. The Balaban J connectivity index is 1.87. The van der Waals surface area contributed by atoms with Gasteiger partial charge in [0, 0.05) is 6.61 Å². The van der Waals surface area contributed by atoms with Gasteiger partial charge >= 0.3 is 23.8 Å². The van der Waals surface area contributed by atoms with Crippen molar-refractivity contribution in [2.45, 2.75) is 50.6 Å². The second-order valence-electron chi connectivity index (χ2n) is 7.07. The largest absolute Gasteiger partial charge is 0.453 e. The lowest BCUT2D eigenvalue weighted by Crippen LogP contribution is -2.63. The first-order valence-electron chi connectivity index (χ1n) is 8.82. The van der Waals surface area contributed by atoms with Gasteiger partial charge in [-0.05, 0) is 36.0 Å². The predicted molar refractivity (Wildman–Crippen MR) is 90.4 cm³/mol. The van der Waals surface area contributed by atoms with Gasteiger partial charge in [-0.15, -0.1) is 0 Å². The van der Waals surface area contributed by atoms with Gasteiger partial charge in [0.2, 0.25) is 0 Å². The maximum absolute atomic E-state index is 13.1. The number of carbonyl (C=O) groups is 2. The van der Waals surface area contributed by atoms with E-state index in [0.717, 1.165) is 5.56 Å². The maximum Gasteiger partial charge on any atom is 0.346 e. The van der Waals surface area contributed by atoms with Gasteiger partial charge in [0.1, 0.15) is 0 Å². The third-order valence-electron chi connectivity index (χ3n) is 4.75. The van der Waals surface area contributed by atoms with Crippen molar-refractivity contribution < 1.29 is 41.7 Å². The molecular formula is C19H22F4O5. The maximum atomic E-state index is 13.1. The fourth-order valence-electron chi connectivity index (χ4n) is 3.01. The van der Waals surface area contributed by atoms with Crippen LogP contribution in [0.5, 0.6) is 0 Å². The molecule has 0 heterocycles. The monoisotopic (exact) mass is 406 g/mol. The van der Waals surface area contributed by atoms with E-state index in [-0.39, 0.29) is 24.0 Å². The highest BCUT2D eigenvalue weighted by molar-refractivity contribution is 5.90. The smallest absolute Gasteiger partial charge is 0.346 e. The summed E-state index contributed by atoms with van der Waals surface area (Å²) in [6.07, 6.45) is -2.93. The molecule has 2 rings (SSSR count). The third kappa shape index (κ3) is 4.63. The number of carbonyl (C=O) groups excluding carboxylic acids is 2. The van der Waals surface area contributed by atoms with E-state index in [0.29, 0.717) is 6.42 Å². The zero-order valence-corrected chi connectivity index (χ0v) is 15.5. The standard InChI is InChI=1S/C19H22F4O5/c1-11(2)14(7-8-24)12-3-5-13(6-4-12)17(26)27-10-16(25)28-15-9-18(20,21)19(15,22)23/h3-6,11,14-15,24H,7-10H2,1-2H3. The summed E-state index contributed by atoms with van der Waals surface area (Å²) in [4.78, 5) is 23.4. The summed E-state index contributed by atoms with van der Waals surface area (Å²) < 4.78 is 60.5. The number of halogens is 4. The molecule has 0 bridgehead atoms. The third-order valence-corrected chi connectivity index (χ3v) is 4.75. The summed E-state index contributed by atoms with van der Waals surface area (Å²) in [5, 5.41) is 9.15. The Labute approximate surface area is 159 Å². The van der Waals surface area contributed by atoms with Crippen LogP contribution in [-0.2, 0) is 14.3 Å². The van der Waals surface area contributed by atoms with Gasteiger partial charge in [0.15, 0.2) is 12.7 Å². The van der Waals surface area contributed by atoms with Crippen LogP contribution in [0.4, 0.5) is 17.6 Å². The Morgan fingerprint density at radius 1 is 1.18 bits per heavy atom. The van der Waals surface area contributed by atoms with Gasteiger partial charge < -0.3 is 14.6 Å². The van der Waals surface area contributed by atoms with Crippen molar-refractivity contribution in [2.24, 2.45) is 5.92 Å². The van der Waals surface area contributed by atoms with Gasteiger partial charge in [0.05, 0.1) is 12.0 Å². The Morgan fingerprint density at radius 3 is 2.25 bits per heavy atom. The molecule has 5 nitrogen and oxygen atoms in total. The van der Waals surface area contributed by atoms with Crippen LogP contribution < -0.4 is 0 Å². The number of esters is 2. The molecule has 2 atom stereocenters. The fourth-order valence-corrected chi connectivity index (χ4v) is 3.01. The molecule has 1 fully saturated rings. The summed E-state index contributed by atoms with van der Waals surface area (Å²) in [6.45, 7) is 3.09. The SMILES string of the molecule is CC(C)C(CCO)c1ccc(C(=O)OCC(=O)OC2CC(F)(F)C2(F)F)cc1. The minimum atomic E-state index is -4.43. The zero-order valence-electron chi connectivity index (χ0n) is 15.5. The summed E-state index contributed by atoms with van der Waals surface area (Å²) >= 11 is 0. The summed E-state index contributed by atoms with van der Waals surface area (Å²) in [6, 6.07) is 6.37. The normalized spacial score (nSPS) is 20.9. The van der Waals surface area contributed by atoms with Gasteiger partial charge in [-0.2, -0.15) is 17.6 Å². The highest BCUT2D eigenvalue weighted by atomic mass is 19.3. The van der Waals surface area contributed by atoms with E-state index in [1.807, 2.05) is 13.8 Å². The van der Waals surface area contributed by atoms with Crippen LogP contribution in [0.1, 0.15) is 48.5 Å². The predicted octanol–water partition coefficient (Wildman–Crippen LogP) is 3.55. The Hall–Kier alpha value is -2.16. The minimum absolute atomic E-state index is 0.0285. The molecule has 1 aromatic rings. The second kappa shape index (κ2) is 8.46. The van der Waals surface area contributed by atoms with Crippen LogP contribution >= 0.6 is 0 Å². The van der Waals surface area contributed by atoms with E-state index in [9.17, 15) is 27.2 Å². The van der Waals surface area contributed by atoms with E-state index in [2.05, 4.69) is 9.47 Å². The molecule has 0 aliphatic heterocycles. The van der Waals surface area contributed by atoms with Crippen LogP contribution in [0, 0.1) is 5.92 Å². The molecule has 0 radical (unpaired) electrons. The van der Waals surface area contributed by atoms with Crippen LogP contribution in [0.2, 0.25) is 0 Å². The molecule has 0 aromatic heterocycles. The van der Waals surface area contributed by atoms with E-state index >= 15 is 0 Å². The quantitative estimate of drug-likeness (QED) is 0.528. The van der Waals surface area contributed by atoms with Crippen molar-refractivity contribution in [1.29, 1.82) is 0 Å². The number of rotatable bonds is 8. The molecular weight excluding hydrogens is 384 g/mol. The Morgan fingerprint density at radius 2 is 1.79 bits per heavy atom. The molecule has 0 spiro atoms. The van der Waals surface area contributed by atoms with E-state index < -0.39 is 42.9 Å². The van der Waals surface area contributed by atoms with Crippen molar-refractivity contribution >= 4 is 11.9 Å². The molecule has 28 heavy (non-hydrogen) atoms. The van der Waals surface area contributed by atoms with Crippen LogP contribution in [-0.4, -0.2) is 48.2 Å². The number of benzene rings is 1. The lowest BCUT2D eigenvalue weighted by molar-refractivity contribution is -0.333. The first-order chi connectivity index (χ1) is 13.0. The first kappa shape index (κ1) is 22.1. The number of alkyl halides is 4. The van der Waals surface area contributed by atoms with E-state index in [1.165, 1.54) is 12.1 Å². The van der Waals surface area contributed by atoms with Gasteiger partial charge in [-0.25, -0.2) is 9.59 Å². The molecule has 9 heteroatoms. The summed E-state index contributed by atoms with van der Waals surface area (Å²) in [5.74, 6) is -10.5. The Kier molecular flexibility index (Phi) is 6.69. The van der Waals surface area contributed by atoms with Crippen molar-refractivity contribution in [3.8, 4) is 0 Å². The molecule has 1 aromatic carbocycles. The van der Waals surface area contributed by atoms with Crippen molar-refractivity contribution in [3.63, 3.8) is 0 Å². The molecule has 2 unspecified atom stereocenters. The van der Waals surface area contributed by atoms with Gasteiger partial charge in [-0.3, -0.25) is 0 Å². The van der Waals surface area contributed by atoms with Gasteiger partial charge in [-0.1, -0.05) is 26.0 Å². The zero-order chi connectivity index (χ0) is 21.1. The van der Waals surface area contributed by atoms with Crippen LogP contribution in [0.3, 0.4) is 0 Å². The molecule has 1 N–H and O–H groups in total. The molecule has 1 aliphatic rings.